The van der Waals surface area contributed by atoms with Crippen molar-refractivity contribution in [2.24, 2.45) is 0 Å². The van der Waals surface area contributed by atoms with Crippen LogP contribution in [0.4, 0.5) is 8.78 Å². The Hall–Kier alpha value is -2.54. The van der Waals surface area contributed by atoms with Gasteiger partial charge in [0.05, 0.1) is 0 Å². The lowest BCUT2D eigenvalue weighted by atomic mass is 10.0. The average molecular weight is 439 g/mol. The number of hydrogen-bond acceptors (Lipinski definition) is 4. The molecular formula is C20H17BrF2O4. The maximum atomic E-state index is 14.4. The van der Waals surface area contributed by atoms with Gasteiger partial charge in [-0.1, -0.05) is 65.0 Å². The summed E-state index contributed by atoms with van der Waals surface area (Å²) in [6.45, 7) is 4.24. The van der Waals surface area contributed by atoms with Crippen molar-refractivity contribution in [2.75, 3.05) is 0 Å². The van der Waals surface area contributed by atoms with Gasteiger partial charge in [-0.15, -0.1) is 0 Å². The van der Waals surface area contributed by atoms with Gasteiger partial charge < -0.3 is 9.47 Å². The molecule has 27 heavy (non-hydrogen) atoms. The van der Waals surface area contributed by atoms with Gasteiger partial charge in [0.15, 0.2) is 6.10 Å². The van der Waals surface area contributed by atoms with Crippen LogP contribution in [0.5, 0.6) is 0 Å². The van der Waals surface area contributed by atoms with E-state index >= 15 is 0 Å². The van der Waals surface area contributed by atoms with Gasteiger partial charge in [0.25, 0.3) is 0 Å². The molecule has 0 saturated carbocycles. The molecule has 0 saturated heterocycles. The fourth-order valence-electron chi connectivity index (χ4n) is 2.34. The standard InChI is InChI=1S/C20H17BrF2O4/c1-3-20(22,23)18(15-9-11-16(21)12-10-15)27-19(25)17(26-13(2)24)14-7-5-4-6-8-14/h3-12,17-18H,1H2,2H3/t17-,18+/m0/s1. The van der Waals surface area contributed by atoms with Crippen LogP contribution < -0.4 is 0 Å². The highest BCUT2D eigenvalue weighted by atomic mass is 79.9. The second kappa shape index (κ2) is 8.90. The second-order valence-electron chi connectivity index (χ2n) is 5.65. The first-order chi connectivity index (χ1) is 12.7. The van der Waals surface area contributed by atoms with Gasteiger partial charge in [-0.05, 0) is 23.8 Å². The van der Waals surface area contributed by atoms with E-state index in [-0.39, 0.29) is 5.56 Å². The molecule has 2 rings (SSSR count). The highest BCUT2D eigenvalue weighted by molar-refractivity contribution is 9.10. The van der Waals surface area contributed by atoms with Crippen molar-refractivity contribution < 1.29 is 27.8 Å². The molecule has 4 nitrogen and oxygen atoms in total. The van der Waals surface area contributed by atoms with Crippen LogP contribution in [0.25, 0.3) is 0 Å². The van der Waals surface area contributed by atoms with Gasteiger partial charge in [0, 0.05) is 17.0 Å². The first-order valence-electron chi connectivity index (χ1n) is 7.94. The maximum absolute atomic E-state index is 14.4. The van der Waals surface area contributed by atoms with E-state index in [1.54, 1.807) is 30.3 Å². The van der Waals surface area contributed by atoms with Gasteiger partial charge in [-0.2, -0.15) is 8.78 Å². The maximum Gasteiger partial charge on any atom is 0.353 e. The van der Waals surface area contributed by atoms with E-state index in [4.69, 9.17) is 9.47 Å². The molecule has 0 heterocycles. The van der Waals surface area contributed by atoms with Gasteiger partial charge in [-0.25, -0.2) is 4.79 Å². The van der Waals surface area contributed by atoms with E-state index in [1.165, 1.54) is 24.3 Å². The molecule has 0 aromatic heterocycles. The molecule has 0 aliphatic rings. The number of carbonyl (C=O) groups excluding carboxylic acids is 2. The summed E-state index contributed by atoms with van der Waals surface area (Å²) in [5, 5.41) is 0. The SMILES string of the molecule is C=CC(F)(F)[C@H](OC(=O)[C@@H](OC(C)=O)c1ccccc1)c1ccc(Br)cc1. The summed E-state index contributed by atoms with van der Waals surface area (Å²) in [4.78, 5) is 24.0. The minimum atomic E-state index is -3.53. The van der Waals surface area contributed by atoms with E-state index in [1.807, 2.05) is 0 Å². The van der Waals surface area contributed by atoms with Crippen LogP contribution >= 0.6 is 15.9 Å². The average Bonchev–Trinajstić information content (AvgIpc) is 2.65. The predicted octanol–water partition coefficient (Wildman–Crippen LogP) is 5.16. The molecule has 142 valence electrons. The van der Waals surface area contributed by atoms with E-state index in [0.29, 0.717) is 16.1 Å². The lowest BCUT2D eigenvalue weighted by Gasteiger charge is -2.26. The fraction of sp³-hybridized carbons (Fsp3) is 0.200. The Balaban J connectivity index is 2.36. The van der Waals surface area contributed by atoms with Crippen LogP contribution in [-0.4, -0.2) is 17.9 Å². The minimum absolute atomic E-state index is 0.0751. The summed E-state index contributed by atoms with van der Waals surface area (Å²) in [6, 6.07) is 13.9. The number of halogens is 3. The minimum Gasteiger partial charge on any atom is -0.448 e. The van der Waals surface area contributed by atoms with Gasteiger partial charge in [0.1, 0.15) is 0 Å². The molecule has 0 N–H and O–H groups in total. The number of carbonyl (C=O) groups is 2. The van der Waals surface area contributed by atoms with Crippen LogP contribution in [-0.2, 0) is 19.1 Å². The largest absolute Gasteiger partial charge is 0.448 e. The van der Waals surface area contributed by atoms with Crippen LogP contribution in [0.1, 0.15) is 30.3 Å². The van der Waals surface area contributed by atoms with Crippen molar-refractivity contribution in [3.63, 3.8) is 0 Å². The predicted molar refractivity (Wildman–Crippen MR) is 99.1 cm³/mol. The Morgan fingerprint density at radius 1 is 1.04 bits per heavy atom. The van der Waals surface area contributed by atoms with Crippen LogP contribution in [0, 0.1) is 0 Å². The highest BCUT2D eigenvalue weighted by Gasteiger charge is 2.42. The third-order valence-electron chi connectivity index (χ3n) is 3.63. The van der Waals surface area contributed by atoms with Crippen molar-refractivity contribution in [2.45, 2.75) is 25.1 Å². The molecule has 2 atom stereocenters. The summed E-state index contributed by atoms with van der Waals surface area (Å²) >= 11 is 3.22. The molecular weight excluding hydrogens is 422 g/mol. The molecule has 0 aliphatic carbocycles. The highest BCUT2D eigenvalue weighted by Crippen LogP contribution is 2.37. The van der Waals surface area contributed by atoms with Crippen molar-refractivity contribution in [3.05, 3.63) is 82.9 Å². The number of rotatable bonds is 7. The zero-order chi connectivity index (χ0) is 20.0. The van der Waals surface area contributed by atoms with E-state index in [2.05, 4.69) is 22.5 Å². The molecule has 7 heteroatoms. The van der Waals surface area contributed by atoms with Crippen molar-refractivity contribution in [1.82, 2.24) is 0 Å². The number of benzene rings is 2. The van der Waals surface area contributed by atoms with Gasteiger partial charge in [-0.3, -0.25) is 4.79 Å². The van der Waals surface area contributed by atoms with Crippen molar-refractivity contribution >= 4 is 27.9 Å². The molecule has 0 bridgehead atoms. The van der Waals surface area contributed by atoms with E-state index in [0.717, 1.165) is 6.92 Å². The molecule has 0 amide bonds. The summed E-state index contributed by atoms with van der Waals surface area (Å²) in [6.07, 6.45) is -2.96. The van der Waals surface area contributed by atoms with Crippen LogP contribution in [0.3, 0.4) is 0 Å². The molecule has 0 radical (unpaired) electrons. The monoisotopic (exact) mass is 438 g/mol. The summed E-state index contributed by atoms with van der Waals surface area (Å²) in [5.41, 5.74) is 0.389. The summed E-state index contributed by atoms with van der Waals surface area (Å²) in [5.74, 6) is -5.37. The second-order valence-corrected chi connectivity index (χ2v) is 6.56. The molecule has 2 aromatic rings. The fourth-order valence-corrected chi connectivity index (χ4v) is 2.60. The quantitative estimate of drug-likeness (QED) is 0.442. The third kappa shape index (κ3) is 5.47. The topological polar surface area (TPSA) is 52.6 Å². The van der Waals surface area contributed by atoms with Crippen LogP contribution in [0.2, 0.25) is 0 Å². The molecule has 0 fully saturated rings. The molecule has 0 spiro atoms. The smallest absolute Gasteiger partial charge is 0.353 e. The number of ether oxygens (including phenoxy) is 2. The lowest BCUT2D eigenvalue weighted by molar-refractivity contribution is -0.183. The summed E-state index contributed by atoms with van der Waals surface area (Å²) in [7, 11) is 0. The Bertz CT molecular complexity index is 806. The van der Waals surface area contributed by atoms with Crippen molar-refractivity contribution in [1.29, 1.82) is 0 Å². The van der Waals surface area contributed by atoms with E-state index < -0.39 is 30.1 Å². The van der Waals surface area contributed by atoms with E-state index in [9.17, 15) is 18.4 Å². The first kappa shape index (κ1) is 20.8. The molecule has 0 unspecified atom stereocenters. The zero-order valence-corrected chi connectivity index (χ0v) is 16.0. The number of hydrogen-bond donors (Lipinski definition) is 0. The third-order valence-corrected chi connectivity index (χ3v) is 4.16. The lowest BCUT2D eigenvalue weighted by Crippen LogP contribution is -2.31. The Labute approximate surface area is 163 Å². The molecule has 2 aromatic carbocycles. The van der Waals surface area contributed by atoms with Gasteiger partial charge in [0.2, 0.25) is 6.10 Å². The first-order valence-corrected chi connectivity index (χ1v) is 8.73. The van der Waals surface area contributed by atoms with Crippen molar-refractivity contribution in [3.8, 4) is 0 Å². The number of esters is 2. The molecule has 0 aliphatic heterocycles. The Kier molecular flexibility index (Phi) is 6.85. The normalized spacial score (nSPS) is 13.3. The Morgan fingerprint density at radius 2 is 1.63 bits per heavy atom. The number of alkyl halides is 2. The zero-order valence-electron chi connectivity index (χ0n) is 14.4. The summed E-state index contributed by atoms with van der Waals surface area (Å²) < 4.78 is 39.5. The van der Waals surface area contributed by atoms with Crippen LogP contribution in [0.15, 0.2) is 71.7 Å². The Morgan fingerprint density at radius 3 is 2.15 bits per heavy atom. The van der Waals surface area contributed by atoms with Gasteiger partial charge >= 0.3 is 17.9 Å².